The van der Waals surface area contributed by atoms with E-state index in [9.17, 15) is 9.59 Å². The van der Waals surface area contributed by atoms with E-state index in [4.69, 9.17) is 4.74 Å². The van der Waals surface area contributed by atoms with E-state index in [0.717, 1.165) is 5.56 Å². The topological polar surface area (TPSA) is 79.5 Å². The standard InChI is InChI=1S/C22H27N3O3S/c1-4-16-19(21(26)28-5-2)17(25-22(27)24-16)13-23-20(18-7-6-12-29-18)15-10-8-14(3)9-11-15/h6-12,16,20,23H,4-5,13H2,1-3H3,(H2,24,25,27)/t16-,20+/m0/s1. The van der Waals surface area contributed by atoms with Crippen LogP contribution in [-0.2, 0) is 9.53 Å². The molecule has 2 atom stereocenters. The fourth-order valence-corrected chi connectivity index (χ4v) is 4.23. The van der Waals surface area contributed by atoms with Gasteiger partial charge in [0.25, 0.3) is 0 Å². The van der Waals surface area contributed by atoms with Crippen LogP contribution < -0.4 is 16.0 Å². The zero-order valence-electron chi connectivity index (χ0n) is 17.0. The van der Waals surface area contributed by atoms with Gasteiger partial charge in [0.05, 0.1) is 24.3 Å². The van der Waals surface area contributed by atoms with Crippen LogP contribution in [0.3, 0.4) is 0 Å². The van der Waals surface area contributed by atoms with Crippen molar-refractivity contribution in [2.24, 2.45) is 0 Å². The molecular formula is C22H27N3O3S. The summed E-state index contributed by atoms with van der Waals surface area (Å²) in [5.74, 6) is -0.397. The van der Waals surface area contributed by atoms with Crippen LogP contribution in [0.15, 0.2) is 53.0 Å². The number of thiophene rings is 1. The summed E-state index contributed by atoms with van der Waals surface area (Å²) in [4.78, 5) is 25.8. The van der Waals surface area contributed by atoms with E-state index in [2.05, 4.69) is 53.2 Å². The molecule has 0 bridgehead atoms. The molecule has 1 aromatic carbocycles. The largest absolute Gasteiger partial charge is 0.463 e. The quantitative estimate of drug-likeness (QED) is 0.577. The molecule has 2 aromatic rings. The first-order valence-corrected chi connectivity index (χ1v) is 10.7. The van der Waals surface area contributed by atoms with Crippen molar-refractivity contribution in [3.63, 3.8) is 0 Å². The van der Waals surface area contributed by atoms with E-state index in [-0.39, 0.29) is 24.7 Å². The Balaban J connectivity index is 1.90. The molecule has 7 heteroatoms. The number of nitrogens with one attached hydrogen (secondary N) is 3. The van der Waals surface area contributed by atoms with Gasteiger partial charge in [-0.2, -0.15) is 0 Å². The number of urea groups is 1. The minimum Gasteiger partial charge on any atom is -0.463 e. The van der Waals surface area contributed by atoms with Crippen LogP contribution in [0.5, 0.6) is 0 Å². The first kappa shape index (κ1) is 21.1. The number of carbonyl (C=O) groups excluding carboxylic acids is 2. The van der Waals surface area contributed by atoms with E-state index in [1.54, 1.807) is 18.3 Å². The smallest absolute Gasteiger partial charge is 0.337 e. The van der Waals surface area contributed by atoms with Crippen molar-refractivity contribution >= 4 is 23.3 Å². The summed E-state index contributed by atoms with van der Waals surface area (Å²) >= 11 is 1.67. The molecule has 3 N–H and O–H groups in total. The second kappa shape index (κ2) is 9.71. The fourth-order valence-electron chi connectivity index (χ4n) is 3.40. The number of amides is 2. The van der Waals surface area contributed by atoms with Crippen molar-refractivity contribution in [3.8, 4) is 0 Å². The molecule has 3 rings (SSSR count). The van der Waals surface area contributed by atoms with E-state index >= 15 is 0 Å². The Morgan fingerprint density at radius 1 is 1.24 bits per heavy atom. The minimum absolute atomic E-state index is 0.0431. The molecule has 154 valence electrons. The van der Waals surface area contributed by atoms with E-state index in [0.29, 0.717) is 24.2 Å². The number of rotatable bonds is 8. The second-order valence-corrected chi connectivity index (χ2v) is 7.89. The highest BCUT2D eigenvalue weighted by Crippen LogP contribution is 2.27. The second-order valence-electron chi connectivity index (χ2n) is 6.91. The number of benzene rings is 1. The average molecular weight is 414 g/mol. The maximum absolute atomic E-state index is 12.6. The summed E-state index contributed by atoms with van der Waals surface area (Å²) in [5.41, 5.74) is 3.37. The van der Waals surface area contributed by atoms with E-state index < -0.39 is 5.97 Å². The Labute approximate surface area is 175 Å². The molecule has 0 saturated heterocycles. The predicted molar refractivity (Wildman–Crippen MR) is 115 cm³/mol. The highest BCUT2D eigenvalue weighted by Gasteiger charge is 2.31. The lowest BCUT2D eigenvalue weighted by molar-refractivity contribution is -0.139. The van der Waals surface area contributed by atoms with E-state index in [1.807, 2.05) is 18.4 Å². The van der Waals surface area contributed by atoms with Gasteiger partial charge in [-0.05, 0) is 37.3 Å². The third-order valence-corrected chi connectivity index (χ3v) is 5.81. The van der Waals surface area contributed by atoms with Crippen LogP contribution >= 0.6 is 11.3 Å². The molecule has 1 aliphatic rings. The third-order valence-electron chi connectivity index (χ3n) is 4.87. The molecular weight excluding hydrogens is 386 g/mol. The Kier molecular flexibility index (Phi) is 7.06. The van der Waals surface area contributed by atoms with Gasteiger partial charge in [-0.25, -0.2) is 9.59 Å². The third kappa shape index (κ3) is 5.05. The Hall–Kier alpha value is -2.64. The summed E-state index contributed by atoms with van der Waals surface area (Å²) in [6.07, 6.45) is 0.609. The number of aryl methyl sites for hydroxylation is 1. The lowest BCUT2D eigenvalue weighted by Gasteiger charge is -2.29. The van der Waals surface area contributed by atoms with Gasteiger partial charge in [-0.15, -0.1) is 11.3 Å². The van der Waals surface area contributed by atoms with E-state index in [1.165, 1.54) is 10.4 Å². The number of hydrogen-bond acceptors (Lipinski definition) is 5. The van der Waals surface area contributed by atoms with Gasteiger partial charge in [-0.1, -0.05) is 42.8 Å². The number of carbonyl (C=O) groups is 2. The van der Waals surface area contributed by atoms with Crippen molar-refractivity contribution in [3.05, 3.63) is 69.1 Å². The summed E-state index contributed by atoms with van der Waals surface area (Å²) in [7, 11) is 0. The SMILES string of the molecule is CCOC(=O)C1=C(CN[C@H](c2ccc(C)cc2)c2cccs2)NC(=O)N[C@H]1CC. The number of hydrogen-bond donors (Lipinski definition) is 3. The zero-order chi connectivity index (χ0) is 20.8. The minimum atomic E-state index is -0.397. The molecule has 1 aliphatic heterocycles. The van der Waals surface area contributed by atoms with Gasteiger partial charge < -0.3 is 15.4 Å². The Morgan fingerprint density at radius 3 is 2.62 bits per heavy atom. The molecule has 0 spiro atoms. The molecule has 1 aromatic heterocycles. The lowest BCUT2D eigenvalue weighted by atomic mass is 9.99. The Bertz CT molecular complexity index is 875. The highest BCUT2D eigenvalue weighted by molar-refractivity contribution is 7.10. The van der Waals surface area contributed by atoms with Crippen molar-refractivity contribution in [2.75, 3.05) is 13.2 Å². The molecule has 0 aliphatic carbocycles. The maximum Gasteiger partial charge on any atom is 0.337 e. The normalized spacial score (nSPS) is 17.5. The Morgan fingerprint density at radius 2 is 2.00 bits per heavy atom. The molecule has 2 heterocycles. The first-order valence-electron chi connectivity index (χ1n) is 9.84. The molecule has 2 amide bonds. The monoisotopic (exact) mass is 413 g/mol. The number of ether oxygens (including phenoxy) is 1. The van der Waals surface area contributed by atoms with Crippen molar-refractivity contribution in [1.82, 2.24) is 16.0 Å². The van der Waals surface area contributed by atoms with Crippen molar-refractivity contribution in [1.29, 1.82) is 0 Å². The van der Waals surface area contributed by atoms with Gasteiger partial charge in [0, 0.05) is 17.1 Å². The molecule has 0 saturated carbocycles. The van der Waals surface area contributed by atoms with Crippen LogP contribution in [0.4, 0.5) is 4.79 Å². The first-order chi connectivity index (χ1) is 14.0. The lowest BCUT2D eigenvalue weighted by Crippen LogP contribution is -2.52. The summed E-state index contributed by atoms with van der Waals surface area (Å²) in [5, 5.41) is 11.2. The summed E-state index contributed by atoms with van der Waals surface area (Å²) in [6, 6.07) is 11.8. The van der Waals surface area contributed by atoms with Crippen LogP contribution in [0, 0.1) is 6.92 Å². The molecule has 0 radical (unpaired) electrons. The van der Waals surface area contributed by atoms with Gasteiger partial charge in [0.1, 0.15) is 0 Å². The van der Waals surface area contributed by atoms with Gasteiger partial charge in [-0.3, -0.25) is 5.32 Å². The molecule has 0 fully saturated rings. The van der Waals surface area contributed by atoms with Crippen molar-refractivity contribution < 1.29 is 14.3 Å². The van der Waals surface area contributed by atoms with Gasteiger partial charge in [0.15, 0.2) is 0 Å². The zero-order valence-corrected chi connectivity index (χ0v) is 17.8. The van der Waals surface area contributed by atoms with Crippen LogP contribution in [0.25, 0.3) is 0 Å². The van der Waals surface area contributed by atoms with Crippen molar-refractivity contribution in [2.45, 2.75) is 39.3 Å². The number of esters is 1. The average Bonchev–Trinajstić information content (AvgIpc) is 3.23. The highest BCUT2D eigenvalue weighted by atomic mass is 32.1. The predicted octanol–water partition coefficient (Wildman–Crippen LogP) is 3.64. The van der Waals surface area contributed by atoms with Gasteiger partial charge >= 0.3 is 12.0 Å². The van der Waals surface area contributed by atoms with Crippen LogP contribution in [-0.4, -0.2) is 31.2 Å². The molecule has 6 nitrogen and oxygen atoms in total. The fraction of sp³-hybridized carbons (Fsp3) is 0.364. The molecule has 29 heavy (non-hydrogen) atoms. The van der Waals surface area contributed by atoms with Gasteiger partial charge in [0.2, 0.25) is 0 Å². The summed E-state index contributed by atoms with van der Waals surface area (Å²) in [6.45, 7) is 6.39. The maximum atomic E-state index is 12.6. The molecule has 0 unspecified atom stereocenters. The van der Waals surface area contributed by atoms with Crippen LogP contribution in [0.2, 0.25) is 0 Å². The summed E-state index contributed by atoms with van der Waals surface area (Å²) < 4.78 is 5.24. The van der Waals surface area contributed by atoms with Crippen LogP contribution in [0.1, 0.15) is 42.3 Å².